The number of nitrogens with zero attached hydrogens (tertiary/aromatic N) is 2. The van der Waals surface area contributed by atoms with E-state index in [1.807, 2.05) is 55.5 Å². The van der Waals surface area contributed by atoms with Crippen LogP contribution in [0.5, 0.6) is 11.5 Å². The smallest absolute Gasteiger partial charge is 0.246 e. The summed E-state index contributed by atoms with van der Waals surface area (Å²) in [4.78, 5) is 61.4. The van der Waals surface area contributed by atoms with E-state index in [9.17, 15) is 19.5 Å². The summed E-state index contributed by atoms with van der Waals surface area (Å²) in [6, 6.07) is 28.2. The van der Waals surface area contributed by atoms with Gasteiger partial charge in [0.1, 0.15) is 11.5 Å². The number of halogens is 1. The fourth-order valence-electron chi connectivity index (χ4n) is 9.19. The standard InChI is InChI=1S/C41H35ClN2O6/c1-3-23-15-17-26(18-16-23)43-37(46)29-20-19-28-30(34(29)39(43)48)22-31-38(47)44(27-12-7-11-25(42)21-27)40(49)41(31,24-9-5-4-6-10-24)36(28)35-32(45)13-8-14-33(35)50-2/h4-19,21,29-31,34,36,45H,3,20,22H2,1-2H3. The van der Waals surface area contributed by atoms with E-state index in [0.29, 0.717) is 33.3 Å². The molecule has 0 spiro atoms. The van der Waals surface area contributed by atoms with Crippen LogP contribution in [-0.4, -0.2) is 35.8 Å². The molecule has 252 valence electrons. The van der Waals surface area contributed by atoms with Crippen molar-refractivity contribution in [2.75, 3.05) is 16.9 Å². The number of phenolic OH excluding ortho intramolecular Hbond substituents is 1. The van der Waals surface area contributed by atoms with Crippen LogP contribution >= 0.6 is 11.6 Å². The lowest BCUT2D eigenvalue weighted by molar-refractivity contribution is -0.127. The van der Waals surface area contributed by atoms with Crippen molar-refractivity contribution in [2.45, 2.75) is 37.5 Å². The number of rotatable bonds is 6. The van der Waals surface area contributed by atoms with E-state index < -0.39 is 46.8 Å². The molecule has 2 heterocycles. The van der Waals surface area contributed by atoms with Gasteiger partial charge < -0.3 is 9.84 Å². The number of ether oxygens (including phenoxy) is 1. The maximum Gasteiger partial charge on any atom is 0.246 e. The Labute approximate surface area is 294 Å². The first-order chi connectivity index (χ1) is 24.2. The highest BCUT2D eigenvalue weighted by Gasteiger charge is 2.71. The molecule has 4 amide bonds. The zero-order valence-electron chi connectivity index (χ0n) is 27.6. The first-order valence-corrected chi connectivity index (χ1v) is 17.3. The van der Waals surface area contributed by atoms with Crippen LogP contribution in [0.1, 0.15) is 42.4 Å². The number of aryl methyl sites for hydroxylation is 1. The van der Waals surface area contributed by atoms with Crippen LogP contribution in [-0.2, 0) is 31.0 Å². The van der Waals surface area contributed by atoms with Crippen LogP contribution in [0, 0.1) is 23.7 Å². The minimum atomic E-state index is -1.52. The molecule has 1 N–H and O–H groups in total. The fourth-order valence-corrected chi connectivity index (χ4v) is 9.38. The molecular weight excluding hydrogens is 652 g/mol. The number of allylic oxidation sites excluding steroid dienone is 2. The van der Waals surface area contributed by atoms with Gasteiger partial charge >= 0.3 is 0 Å². The number of aromatic hydroxyl groups is 1. The van der Waals surface area contributed by atoms with Crippen LogP contribution in [0.3, 0.4) is 0 Å². The third kappa shape index (κ3) is 4.44. The number of hydrogen-bond acceptors (Lipinski definition) is 6. The Morgan fingerprint density at radius 3 is 2.26 bits per heavy atom. The number of fused-ring (bicyclic) bond motifs is 4. The van der Waals surface area contributed by atoms with Crippen LogP contribution in [0.2, 0.25) is 5.02 Å². The molecule has 3 fully saturated rings. The van der Waals surface area contributed by atoms with Crippen molar-refractivity contribution in [3.05, 3.63) is 130 Å². The van der Waals surface area contributed by atoms with Gasteiger partial charge in [-0.05, 0) is 78.8 Å². The summed E-state index contributed by atoms with van der Waals surface area (Å²) in [6.45, 7) is 2.04. The van der Waals surface area contributed by atoms with E-state index in [1.165, 1.54) is 16.9 Å². The van der Waals surface area contributed by atoms with Gasteiger partial charge in [-0.25, -0.2) is 4.90 Å². The highest BCUT2D eigenvalue weighted by molar-refractivity contribution is 6.32. The summed E-state index contributed by atoms with van der Waals surface area (Å²) in [5, 5.41) is 12.0. The van der Waals surface area contributed by atoms with Crippen LogP contribution < -0.4 is 14.5 Å². The van der Waals surface area contributed by atoms with Crippen molar-refractivity contribution in [1.29, 1.82) is 0 Å². The second-order valence-corrected chi connectivity index (χ2v) is 14.0. The minimum absolute atomic E-state index is 0.0972. The number of methoxy groups -OCH3 is 1. The normalized spacial score (nSPS) is 27.2. The zero-order chi connectivity index (χ0) is 34.9. The molecule has 50 heavy (non-hydrogen) atoms. The molecule has 8 rings (SSSR count). The van der Waals surface area contributed by atoms with Gasteiger partial charge in [0, 0.05) is 16.5 Å². The van der Waals surface area contributed by atoms with Gasteiger partial charge in [-0.15, -0.1) is 0 Å². The number of benzene rings is 4. The van der Waals surface area contributed by atoms with Gasteiger partial charge in [-0.2, -0.15) is 0 Å². The van der Waals surface area contributed by atoms with E-state index >= 15 is 4.79 Å². The van der Waals surface area contributed by atoms with Gasteiger partial charge in [0.2, 0.25) is 23.6 Å². The van der Waals surface area contributed by atoms with Gasteiger partial charge in [0.25, 0.3) is 0 Å². The monoisotopic (exact) mass is 686 g/mol. The largest absolute Gasteiger partial charge is 0.508 e. The van der Waals surface area contributed by atoms with E-state index in [1.54, 1.807) is 54.6 Å². The lowest BCUT2D eigenvalue weighted by Crippen LogP contribution is -2.53. The number of imide groups is 2. The summed E-state index contributed by atoms with van der Waals surface area (Å²) in [5.74, 6) is -5.05. The number of hydrogen-bond donors (Lipinski definition) is 1. The molecule has 2 aliphatic carbocycles. The number of carbonyl (C=O) groups is 4. The average Bonchev–Trinajstić information content (AvgIpc) is 3.52. The van der Waals surface area contributed by atoms with Crippen LogP contribution in [0.15, 0.2) is 109 Å². The molecule has 0 bridgehead atoms. The first kappa shape index (κ1) is 32.0. The van der Waals surface area contributed by atoms with E-state index in [4.69, 9.17) is 16.3 Å². The highest BCUT2D eigenvalue weighted by Crippen LogP contribution is 2.66. The van der Waals surface area contributed by atoms with Gasteiger partial charge in [-0.1, -0.05) is 84.8 Å². The second-order valence-electron chi connectivity index (χ2n) is 13.5. The number of anilines is 2. The summed E-state index contributed by atoms with van der Waals surface area (Å²) in [6.07, 6.45) is 3.21. The molecule has 2 saturated heterocycles. The first-order valence-electron chi connectivity index (χ1n) is 16.9. The Hall–Kier alpha value is -5.21. The molecule has 6 unspecified atom stereocenters. The zero-order valence-corrected chi connectivity index (χ0v) is 28.3. The molecule has 4 aromatic carbocycles. The van der Waals surface area contributed by atoms with Crippen LogP contribution in [0.4, 0.5) is 11.4 Å². The molecule has 2 aliphatic heterocycles. The third-order valence-electron chi connectivity index (χ3n) is 11.3. The van der Waals surface area contributed by atoms with Crippen molar-refractivity contribution < 1.29 is 29.0 Å². The van der Waals surface area contributed by atoms with Crippen LogP contribution in [0.25, 0.3) is 0 Å². The summed E-state index contributed by atoms with van der Waals surface area (Å²) in [7, 11) is 1.50. The summed E-state index contributed by atoms with van der Waals surface area (Å²) < 4.78 is 5.85. The minimum Gasteiger partial charge on any atom is -0.508 e. The Bertz CT molecular complexity index is 2100. The molecule has 9 heteroatoms. The van der Waals surface area contributed by atoms with E-state index in [2.05, 4.69) is 0 Å². The Morgan fingerprint density at radius 2 is 1.56 bits per heavy atom. The molecule has 8 nitrogen and oxygen atoms in total. The molecule has 4 aromatic rings. The van der Waals surface area contributed by atoms with Crippen molar-refractivity contribution in [3.8, 4) is 11.5 Å². The molecule has 0 radical (unpaired) electrons. The number of amides is 4. The molecular formula is C41H35ClN2O6. The Balaban J connectivity index is 1.36. The van der Waals surface area contributed by atoms with Crippen molar-refractivity contribution in [3.63, 3.8) is 0 Å². The second kappa shape index (κ2) is 12.0. The topological polar surface area (TPSA) is 104 Å². The summed E-state index contributed by atoms with van der Waals surface area (Å²) >= 11 is 6.40. The van der Waals surface area contributed by atoms with Gasteiger partial charge in [0.05, 0.1) is 41.7 Å². The molecule has 6 atom stereocenters. The Morgan fingerprint density at radius 1 is 0.820 bits per heavy atom. The SMILES string of the molecule is CCc1ccc(N2C(=O)C3CC=C4C(CC5C(=O)N(c6cccc(Cl)c6)C(=O)C5(c5ccccc5)C4c4c(O)cccc4OC)C3C2=O)cc1. The van der Waals surface area contributed by atoms with E-state index in [0.717, 1.165) is 17.6 Å². The molecule has 4 aliphatic rings. The quantitative estimate of drug-likeness (QED) is 0.173. The molecule has 0 aromatic heterocycles. The maximum atomic E-state index is 15.4. The van der Waals surface area contributed by atoms with Gasteiger partial charge in [-0.3, -0.25) is 24.1 Å². The summed E-state index contributed by atoms with van der Waals surface area (Å²) in [5.41, 5.74) is 2.12. The fraction of sp³-hybridized carbons (Fsp3) is 0.268. The lowest BCUT2D eigenvalue weighted by Gasteiger charge is -2.51. The third-order valence-corrected chi connectivity index (χ3v) is 11.6. The number of carbonyl (C=O) groups excluding carboxylic acids is 4. The van der Waals surface area contributed by atoms with Crippen molar-refractivity contribution >= 4 is 46.6 Å². The van der Waals surface area contributed by atoms with E-state index in [-0.39, 0.29) is 30.4 Å². The highest BCUT2D eigenvalue weighted by atomic mass is 35.5. The predicted molar refractivity (Wildman–Crippen MR) is 189 cm³/mol. The number of phenols is 1. The van der Waals surface area contributed by atoms with Crippen molar-refractivity contribution in [2.24, 2.45) is 23.7 Å². The lowest BCUT2D eigenvalue weighted by atomic mass is 9.49. The van der Waals surface area contributed by atoms with Crippen molar-refractivity contribution in [1.82, 2.24) is 0 Å². The average molecular weight is 687 g/mol. The van der Waals surface area contributed by atoms with Gasteiger partial charge in [0.15, 0.2) is 0 Å². The predicted octanol–water partition coefficient (Wildman–Crippen LogP) is 6.98. The molecule has 1 saturated carbocycles. The maximum absolute atomic E-state index is 15.4. The Kier molecular flexibility index (Phi) is 7.68.